The van der Waals surface area contributed by atoms with Gasteiger partial charge in [-0.3, -0.25) is 0 Å². The van der Waals surface area contributed by atoms with Crippen molar-refractivity contribution >= 4 is 17.3 Å². The predicted molar refractivity (Wildman–Crippen MR) is 161 cm³/mol. The quantitative estimate of drug-likeness (QED) is 0.0388. The summed E-state index contributed by atoms with van der Waals surface area (Å²) in [4.78, 5) is 11.3. The van der Waals surface area contributed by atoms with Crippen LogP contribution in [0.3, 0.4) is 0 Å². The molecule has 0 heterocycles. The van der Waals surface area contributed by atoms with Gasteiger partial charge in [-0.1, -0.05) is 19.7 Å². The van der Waals surface area contributed by atoms with Gasteiger partial charge in [-0.15, -0.1) is 0 Å². The van der Waals surface area contributed by atoms with Crippen molar-refractivity contribution in [3.8, 4) is 11.5 Å². The number of hydrogen-bond donors (Lipinski definition) is 0. The third-order valence-electron chi connectivity index (χ3n) is 5.90. The van der Waals surface area contributed by atoms with Gasteiger partial charge in [0.15, 0.2) is 0 Å². The lowest BCUT2D eigenvalue weighted by Gasteiger charge is -2.09. The Hall–Kier alpha value is -3.87. The van der Waals surface area contributed by atoms with Gasteiger partial charge in [-0.25, -0.2) is 4.79 Å². The Labute approximate surface area is 239 Å². The van der Waals surface area contributed by atoms with Crippen molar-refractivity contribution in [2.45, 2.75) is 65.2 Å². The van der Waals surface area contributed by atoms with Crippen LogP contribution < -0.4 is 9.47 Å². The topological polar surface area (TPSA) is 78.7 Å². The fraction of sp³-hybridized carbons (Fsp3) is 0.424. The molecule has 0 N–H and O–H groups in total. The van der Waals surface area contributed by atoms with Crippen molar-refractivity contribution in [3.63, 3.8) is 0 Å². The Morgan fingerprint density at radius 1 is 0.575 bits per heavy atom. The number of benzene rings is 2. The molecule has 0 atom stereocenters. The van der Waals surface area contributed by atoms with E-state index in [4.69, 9.17) is 18.9 Å². The Balaban J connectivity index is 1.56. The smallest absolute Gasteiger partial charge is 0.333 e. The molecular weight excluding hydrogens is 504 g/mol. The van der Waals surface area contributed by atoms with Gasteiger partial charge in [0.05, 0.1) is 37.8 Å². The molecule has 0 radical (unpaired) electrons. The summed E-state index contributed by atoms with van der Waals surface area (Å²) in [6.07, 6.45) is 7.98. The van der Waals surface area contributed by atoms with E-state index in [1.54, 1.807) is 6.92 Å². The van der Waals surface area contributed by atoms with Gasteiger partial charge in [0, 0.05) is 5.57 Å². The van der Waals surface area contributed by atoms with Crippen molar-refractivity contribution in [1.29, 1.82) is 0 Å². The van der Waals surface area contributed by atoms with Gasteiger partial charge in [0.1, 0.15) is 17.3 Å². The summed E-state index contributed by atoms with van der Waals surface area (Å²) in [5.41, 5.74) is 2.83. The number of ether oxygens (including phenoxy) is 4. The number of carbonyl (C=O) groups excluding carboxylic acids is 1. The van der Waals surface area contributed by atoms with E-state index >= 15 is 0 Å². The molecule has 0 aliphatic carbocycles. The number of carbonyl (C=O) groups is 1. The average molecular weight is 549 g/mol. The number of esters is 1. The van der Waals surface area contributed by atoms with E-state index in [1.807, 2.05) is 55.5 Å². The van der Waals surface area contributed by atoms with E-state index in [9.17, 15) is 4.79 Å². The Bertz CT molecular complexity index is 1000. The van der Waals surface area contributed by atoms with E-state index in [0.29, 0.717) is 37.8 Å². The van der Waals surface area contributed by atoms with Crippen LogP contribution in [0.25, 0.3) is 0 Å². The van der Waals surface area contributed by atoms with Gasteiger partial charge >= 0.3 is 5.97 Å². The fourth-order valence-electron chi connectivity index (χ4n) is 3.44. The molecule has 0 bridgehead atoms. The lowest BCUT2D eigenvalue weighted by atomic mass is 10.2. The van der Waals surface area contributed by atoms with Crippen LogP contribution in [0.2, 0.25) is 0 Å². The number of azo groups is 1. The second kappa shape index (κ2) is 19.2. The first-order valence-corrected chi connectivity index (χ1v) is 14.0. The molecule has 0 aliphatic heterocycles. The molecule has 0 amide bonds. The van der Waals surface area contributed by atoms with Gasteiger partial charge < -0.3 is 18.9 Å². The summed E-state index contributed by atoms with van der Waals surface area (Å²) >= 11 is 0. The number of unbranched alkanes of at least 4 members (excludes halogenated alkanes) is 6. The number of rotatable bonds is 21. The minimum atomic E-state index is -0.323. The van der Waals surface area contributed by atoms with Crippen LogP contribution in [0.4, 0.5) is 11.4 Å². The zero-order chi connectivity index (χ0) is 29.0. The van der Waals surface area contributed by atoms with Crippen LogP contribution in [0.5, 0.6) is 11.5 Å². The van der Waals surface area contributed by atoms with E-state index < -0.39 is 0 Å². The standard InChI is InChI=1S/C33H44N2O5/c1-26(2)28(5)37-22-10-6-7-11-23-38-31-18-14-29(15-19-31)34-35-30-16-20-32(21-17-30)39-24-12-8-9-13-25-40-33(36)27(3)4/h14-21H,1,3,5-13,22-25H2,2,4H3. The van der Waals surface area contributed by atoms with E-state index in [2.05, 4.69) is 30.0 Å². The maximum atomic E-state index is 11.3. The van der Waals surface area contributed by atoms with Crippen molar-refractivity contribution in [2.75, 3.05) is 26.4 Å². The van der Waals surface area contributed by atoms with Crippen LogP contribution in [0.15, 0.2) is 95.4 Å². The lowest BCUT2D eigenvalue weighted by molar-refractivity contribution is -0.139. The average Bonchev–Trinajstić information content (AvgIpc) is 2.95. The van der Waals surface area contributed by atoms with Crippen molar-refractivity contribution in [1.82, 2.24) is 0 Å². The fourth-order valence-corrected chi connectivity index (χ4v) is 3.44. The van der Waals surface area contributed by atoms with Crippen LogP contribution in [0, 0.1) is 0 Å². The minimum Gasteiger partial charge on any atom is -0.494 e. The maximum Gasteiger partial charge on any atom is 0.333 e. The molecule has 0 spiro atoms. The summed E-state index contributed by atoms with van der Waals surface area (Å²) in [6.45, 7) is 17.2. The molecule has 2 aromatic carbocycles. The summed E-state index contributed by atoms with van der Waals surface area (Å²) in [7, 11) is 0. The molecule has 40 heavy (non-hydrogen) atoms. The molecule has 2 rings (SSSR count). The van der Waals surface area contributed by atoms with Crippen molar-refractivity contribution in [2.24, 2.45) is 10.2 Å². The zero-order valence-corrected chi connectivity index (χ0v) is 24.2. The van der Waals surface area contributed by atoms with Crippen LogP contribution >= 0.6 is 0 Å². The number of nitrogens with zero attached hydrogens (tertiary/aromatic N) is 2. The first-order valence-electron chi connectivity index (χ1n) is 14.0. The van der Waals surface area contributed by atoms with Gasteiger partial charge in [0.25, 0.3) is 0 Å². The Morgan fingerprint density at radius 3 is 1.38 bits per heavy atom. The van der Waals surface area contributed by atoms with Crippen LogP contribution in [-0.4, -0.2) is 32.4 Å². The highest BCUT2D eigenvalue weighted by Gasteiger charge is 2.02. The molecule has 0 saturated heterocycles. The molecule has 0 unspecified atom stereocenters. The molecule has 0 fully saturated rings. The molecule has 0 aromatic heterocycles. The van der Waals surface area contributed by atoms with E-state index in [1.165, 1.54) is 0 Å². The van der Waals surface area contributed by atoms with Crippen LogP contribution in [0.1, 0.15) is 65.2 Å². The molecular formula is C33H44N2O5. The zero-order valence-electron chi connectivity index (χ0n) is 24.2. The first-order chi connectivity index (χ1) is 19.3. The van der Waals surface area contributed by atoms with Crippen molar-refractivity contribution in [3.05, 3.63) is 85.2 Å². The van der Waals surface area contributed by atoms with Gasteiger partial charge in [-0.05, 0) is 119 Å². The molecule has 0 saturated carbocycles. The molecule has 7 nitrogen and oxygen atoms in total. The second-order valence-corrected chi connectivity index (χ2v) is 9.68. The largest absolute Gasteiger partial charge is 0.494 e. The minimum absolute atomic E-state index is 0.323. The highest BCUT2D eigenvalue weighted by atomic mass is 16.5. The number of hydrogen-bond acceptors (Lipinski definition) is 7. The van der Waals surface area contributed by atoms with Crippen LogP contribution in [-0.2, 0) is 14.3 Å². The van der Waals surface area contributed by atoms with Gasteiger partial charge in [-0.2, -0.15) is 10.2 Å². The van der Waals surface area contributed by atoms with Crippen molar-refractivity contribution < 1.29 is 23.7 Å². The van der Waals surface area contributed by atoms with E-state index in [-0.39, 0.29) is 5.97 Å². The van der Waals surface area contributed by atoms with Gasteiger partial charge in [0.2, 0.25) is 0 Å². The van der Waals surface area contributed by atoms with E-state index in [0.717, 1.165) is 79.8 Å². The summed E-state index contributed by atoms with van der Waals surface area (Å²) in [5, 5.41) is 8.62. The summed E-state index contributed by atoms with van der Waals surface area (Å²) < 4.78 is 22.2. The predicted octanol–water partition coefficient (Wildman–Crippen LogP) is 9.21. The SMILES string of the molecule is C=C(C)C(=C)OCCCCCCOc1ccc(N=Nc2ccc(OCCCCCCOC(=O)C(=C)C)cc2)cc1. The molecule has 2 aromatic rings. The third kappa shape index (κ3) is 14.3. The second-order valence-electron chi connectivity index (χ2n) is 9.68. The highest BCUT2D eigenvalue weighted by Crippen LogP contribution is 2.23. The maximum absolute atomic E-state index is 11.3. The molecule has 0 aliphatic rings. The number of allylic oxidation sites excluding steroid dienone is 1. The monoisotopic (exact) mass is 548 g/mol. The molecule has 216 valence electrons. The Kier molecular flexibility index (Phi) is 15.5. The summed E-state index contributed by atoms with van der Waals surface area (Å²) in [6, 6.07) is 15.2. The summed E-state index contributed by atoms with van der Waals surface area (Å²) in [5.74, 6) is 1.98. The molecule has 7 heteroatoms. The lowest BCUT2D eigenvalue weighted by Crippen LogP contribution is -2.06. The Morgan fingerprint density at radius 2 is 0.975 bits per heavy atom. The normalized spacial score (nSPS) is 10.8. The third-order valence-corrected chi connectivity index (χ3v) is 5.90. The highest BCUT2D eigenvalue weighted by molar-refractivity contribution is 5.86. The first kappa shape index (κ1) is 32.3.